The third-order valence-corrected chi connectivity index (χ3v) is 4.13. The zero-order valence-electron chi connectivity index (χ0n) is 11.9. The van der Waals surface area contributed by atoms with Crippen molar-refractivity contribution >= 4 is 11.7 Å². The molecule has 0 bridgehead atoms. The van der Waals surface area contributed by atoms with E-state index < -0.39 is 5.41 Å². The fourth-order valence-corrected chi connectivity index (χ4v) is 3.05. The van der Waals surface area contributed by atoms with Gasteiger partial charge in [0.25, 0.3) is 0 Å². The first-order valence-electron chi connectivity index (χ1n) is 6.95. The molecule has 3 nitrogen and oxygen atoms in total. The summed E-state index contributed by atoms with van der Waals surface area (Å²) in [5.41, 5.74) is 3.25. The van der Waals surface area contributed by atoms with Crippen molar-refractivity contribution in [2.45, 2.75) is 47.0 Å². The Morgan fingerprint density at radius 1 is 1.50 bits per heavy atom. The van der Waals surface area contributed by atoms with E-state index in [1.54, 1.807) is 0 Å². The van der Waals surface area contributed by atoms with Gasteiger partial charge in [-0.1, -0.05) is 13.8 Å². The second-order valence-electron chi connectivity index (χ2n) is 5.73. The standard InChI is InChI=1S/C15H23NO2/c1-5-18-14(17)15(4)8-6-7-11-12(10(2)3)9-16-13(11)15/h10H,5-9H2,1-4H3. The minimum Gasteiger partial charge on any atom is -0.465 e. The lowest BCUT2D eigenvalue weighted by molar-refractivity contribution is -0.150. The molecule has 0 spiro atoms. The maximum atomic E-state index is 12.2. The number of rotatable bonds is 3. The van der Waals surface area contributed by atoms with Crippen LogP contribution in [0.5, 0.6) is 0 Å². The minimum atomic E-state index is -0.514. The molecule has 1 unspecified atom stereocenters. The number of aliphatic imine (C=N–C) groups is 1. The van der Waals surface area contributed by atoms with Crippen LogP contribution < -0.4 is 0 Å². The number of nitrogens with zero attached hydrogens (tertiary/aromatic N) is 1. The Morgan fingerprint density at radius 3 is 2.83 bits per heavy atom. The van der Waals surface area contributed by atoms with Crippen LogP contribution in [0.3, 0.4) is 0 Å². The molecule has 1 saturated carbocycles. The van der Waals surface area contributed by atoms with Crippen molar-refractivity contribution in [1.29, 1.82) is 0 Å². The molecule has 2 aliphatic rings. The molecule has 1 atom stereocenters. The highest BCUT2D eigenvalue weighted by atomic mass is 16.5. The quantitative estimate of drug-likeness (QED) is 0.721. The highest BCUT2D eigenvalue weighted by Crippen LogP contribution is 2.42. The predicted octanol–water partition coefficient (Wildman–Crippen LogP) is 3.15. The zero-order valence-corrected chi connectivity index (χ0v) is 11.9. The second kappa shape index (κ2) is 4.87. The second-order valence-corrected chi connectivity index (χ2v) is 5.73. The van der Waals surface area contributed by atoms with Crippen LogP contribution in [0.4, 0.5) is 0 Å². The maximum absolute atomic E-state index is 12.2. The average Bonchev–Trinajstić information content (AvgIpc) is 2.75. The average molecular weight is 249 g/mol. The lowest BCUT2D eigenvalue weighted by Gasteiger charge is -2.33. The molecule has 18 heavy (non-hydrogen) atoms. The molecule has 0 aromatic rings. The van der Waals surface area contributed by atoms with E-state index in [0.717, 1.165) is 31.5 Å². The Hall–Kier alpha value is -1.12. The number of esters is 1. The molecule has 3 heteroatoms. The Labute approximate surface area is 109 Å². The minimum absolute atomic E-state index is 0.106. The Bertz CT molecular complexity index is 420. The molecular weight excluding hydrogens is 226 g/mol. The molecule has 1 aliphatic carbocycles. The SMILES string of the molecule is CCOC(=O)C1(C)CCCC2=C(C(C)C)CN=C21. The van der Waals surface area contributed by atoms with E-state index in [0.29, 0.717) is 12.5 Å². The summed E-state index contributed by atoms with van der Waals surface area (Å²) < 4.78 is 5.25. The van der Waals surface area contributed by atoms with Gasteiger partial charge in [-0.05, 0) is 50.2 Å². The third-order valence-electron chi connectivity index (χ3n) is 4.13. The summed E-state index contributed by atoms with van der Waals surface area (Å²) in [5, 5.41) is 0. The number of allylic oxidation sites excluding steroid dienone is 1. The Kier molecular flexibility index (Phi) is 3.60. The van der Waals surface area contributed by atoms with Crippen LogP contribution in [-0.4, -0.2) is 24.8 Å². The van der Waals surface area contributed by atoms with Crippen molar-refractivity contribution in [2.75, 3.05) is 13.2 Å². The molecule has 2 rings (SSSR count). The van der Waals surface area contributed by atoms with Gasteiger partial charge in [-0.15, -0.1) is 0 Å². The third kappa shape index (κ3) is 2.00. The first kappa shape index (κ1) is 13.3. The Balaban J connectivity index is 2.34. The largest absolute Gasteiger partial charge is 0.465 e. The molecule has 0 N–H and O–H groups in total. The normalized spacial score (nSPS) is 27.3. The maximum Gasteiger partial charge on any atom is 0.317 e. The molecule has 1 aliphatic heterocycles. The van der Waals surface area contributed by atoms with Gasteiger partial charge in [-0.3, -0.25) is 9.79 Å². The number of hydrogen-bond acceptors (Lipinski definition) is 3. The summed E-state index contributed by atoms with van der Waals surface area (Å²) in [6, 6.07) is 0. The molecule has 0 radical (unpaired) electrons. The summed E-state index contributed by atoms with van der Waals surface area (Å²) in [6.45, 7) is 9.48. The molecule has 0 aromatic carbocycles. The van der Waals surface area contributed by atoms with Crippen LogP contribution in [0.15, 0.2) is 16.1 Å². The highest BCUT2D eigenvalue weighted by Gasteiger charge is 2.46. The summed E-state index contributed by atoms with van der Waals surface area (Å²) in [7, 11) is 0. The molecule has 100 valence electrons. The van der Waals surface area contributed by atoms with E-state index in [9.17, 15) is 4.79 Å². The summed E-state index contributed by atoms with van der Waals surface area (Å²) in [5.74, 6) is 0.414. The van der Waals surface area contributed by atoms with E-state index in [4.69, 9.17) is 4.74 Å². The van der Waals surface area contributed by atoms with Crippen molar-refractivity contribution < 1.29 is 9.53 Å². The monoisotopic (exact) mass is 249 g/mol. The van der Waals surface area contributed by atoms with E-state index >= 15 is 0 Å². The molecule has 0 saturated heterocycles. The molecular formula is C15H23NO2. The molecule has 0 aromatic heterocycles. The van der Waals surface area contributed by atoms with E-state index in [1.807, 2.05) is 13.8 Å². The van der Waals surface area contributed by atoms with Crippen molar-refractivity contribution in [3.05, 3.63) is 11.1 Å². The number of fused-ring (bicyclic) bond motifs is 1. The first-order chi connectivity index (χ1) is 8.50. The van der Waals surface area contributed by atoms with Gasteiger partial charge in [-0.2, -0.15) is 0 Å². The van der Waals surface area contributed by atoms with E-state index in [2.05, 4.69) is 18.8 Å². The first-order valence-corrected chi connectivity index (χ1v) is 6.95. The number of carbonyl (C=O) groups is 1. The summed E-state index contributed by atoms with van der Waals surface area (Å²) in [4.78, 5) is 16.9. The van der Waals surface area contributed by atoms with Crippen molar-refractivity contribution in [1.82, 2.24) is 0 Å². The van der Waals surface area contributed by atoms with Crippen LogP contribution in [0.1, 0.15) is 47.0 Å². The predicted molar refractivity (Wildman–Crippen MR) is 72.8 cm³/mol. The van der Waals surface area contributed by atoms with E-state index in [1.165, 1.54) is 11.1 Å². The molecule has 1 heterocycles. The lowest BCUT2D eigenvalue weighted by Crippen LogP contribution is -2.41. The van der Waals surface area contributed by atoms with Gasteiger partial charge in [-0.25, -0.2) is 0 Å². The summed E-state index contributed by atoms with van der Waals surface area (Å²) in [6.07, 6.45) is 2.99. The van der Waals surface area contributed by atoms with Crippen LogP contribution >= 0.6 is 0 Å². The fraction of sp³-hybridized carbons (Fsp3) is 0.733. The number of ether oxygens (including phenoxy) is 1. The number of carbonyl (C=O) groups excluding carboxylic acids is 1. The van der Waals surface area contributed by atoms with Crippen molar-refractivity contribution in [3.8, 4) is 0 Å². The lowest BCUT2D eigenvalue weighted by atomic mass is 9.70. The number of hydrogen-bond donors (Lipinski definition) is 0. The van der Waals surface area contributed by atoms with Gasteiger partial charge in [0.2, 0.25) is 0 Å². The topological polar surface area (TPSA) is 38.7 Å². The molecule has 0 amide bonds. The van der Waals surface area contributed by atoms with Gasteiger partial charge < -0.3 is 4.74 Å². The van der Waals surface area contributed by atoms with Gasteiger partial charge in [0.1, 0.15) is 5.41 Å². The van der Waals surface area contributed by atoms with Crippen molar-refractivity contribution in [2.24, 2.45) is 16.3 Å². The van der Waals surface area contributed by atoms with Crippen LogP contribution in [0.2, 0.25) is 0 Å². The van der Waals surface area contributed by atoms with Gasteiger partial charge in [0.15, 0.2) is 0 Å². The highest BCUT2D eigenvalue weighted by molar-refractivity contribution is 6.17. The summed E-state index contributed by atoms with van der Waals surface area (Å²) >= 11 is 0. The van der Waals surface area contributed by atoms with Crippen LogP contribution in [0, 0.1) is 11.3 Å². The van der Waals surface area contributed by atoms with Gasteiger partial charge >= 0.3 is 5.97 Å². The van der Waals surface area contributed by atoms with Crippen molar-refractivity contribution in [3.63, 3.8) is 0 Å². The zero-order chi connectivity index (χ0) is 13.3. The smallest absolute Gasteiger partial charge is 0.317 e. The van der Waals surface area contributed by atoms with Gasteiger partial charge in [0, 0.05) is 0 Å². The van der Waals surface area contributed by atoms with Gasteiger partial charge in [0.05, 0.1) is 18.9 Å². The van der Waals surface area contributed by atoms with Crippen LogP contribution in [0.25, 0.3) is 0 Å². The van der Waals surface area contributed by atoms with Crippen LogP contribution in [-0.2, 0) is 9.53 Å². The molecule has 1 fully saturated rings. The van der Waals surface area contributed by atoms with E-state index in [-0.39, 0.29) is 5.97 Å². The fourth-order valence-electron chi connectivity index (χ4n) is 3.05. The Morgan fingerprint density at radius 2 is 2.22 bits per heavy atom.